The number of para-hydroxylation sites is 1. The number of aromatic amines is 1. The van der Waals surface area contributed by atoms with Crippen LogP contribution >= 0.6 is 11.6 Å². The second-order valence-electron chi connectivity index (χ2n) is 3.55. The monoisotopic (exact) mass is 245 g/mol. The first-order chi connectivity index (χ1) is 8.25. The summed E-state index contributed by atoms with van der Waals surface area (Å²) in [5, 5.41) is 8.05. The average Bonchev–Trinajstić information content (AvgIpc) is 2.83. The van der Waals surface area contributed by atoms with E-state index in [1.807, 2.05) is 12.1 Å². The SMILES string of the molecule is Nc1nc(-c2cn[nH]c2)c2cccc(Cl)c2n1. The van der Waals surface area contributed by atoms with Gasteiger partial charge in [-0.15, -0.1) is 0 Å². The largest absolute Gasteiger partial charge is 0.368 e. The summed E-state index contributed by atoms with van der Waals surface area (Å²) in [5.41, 5.74) is 7.92. The number of fused-ring (bicyclic) bond motifs is 1. The number of nitrogens with two attached hydrogens (primary N) is 1. The Hall–Kier alpha value is -2.14. The molecule has 0 aliphatic carbocycles. The van der Waals surface area contributed by atoms with Crippen molar-refractivity contribution in [3.63, 3.8) is 0 Å². The molecule has 0 radical (unpaired) electrons. The molecular formula is C11H8ClN5. The zero-order valence-electron chi connectivity index (χ0n) is 8.68. The summed E-state index contributed by atoms with van der Waals surface area (Å²) in [7, 11) is 0. The molecule has 0 saturated carbocycles. The summed E-state index contributed by atoms with van der Waals surface area (Å²) in [6.45, 7) is 0. The van der Waals surface area contributed by atoms with E-state index in [4.69, 9.17) is 17.3 Å². The van der Waals surface area contributed by atoms with Crippen molar-refractivity contribution in [2.24, 2.45) is 0 Å². The van der Waals surface area contributed by atoms with Crippen LogP contribution < -0.4 is 5.73 Å². The van der Waals surface area contributed by atoms with E-state index in [0.29, 0.717) is 10.5 Å². The fraction of sp³-hybridized carbons (Fsp3) is 0. The topological polar surface area (TPSA) is 80.5 Å². The van der Waals surface area contributed by atoms with Gasteiger partial charge in [-0.05, 0) is 6.07 Å². The summed E-state index contributed by atoms with van der Waals surface area (Å²) in [5.74, 6) is 0.196. The lowest BCUT2D eigenvalue weighted by molar-refractivity contribution is 1.09. The van der Waals surface area contributed by atoms with Crippen molar-refractivity contribution in [2.75, 3.05) is 5.73 Å². The number of aromatic nitrogens is 4. The van der Waals surface area contributed by atoms with Crippen LogP contribution in [0.15, 0.2) is 30.6 Å². The van der Waals surface area contributed by atoms with Crippen molar-refractivity contribution in [3.8, 4) is 11.3 Å². The molecule has 0 aliphatic heterocycles. The third-order valence-corrected chi connectivity index (χ3v) is 2.77. The van der Waals surface area contributed by atoms with Crippen LogP contribution in [0.3, 0.4) is 0 Å². The van der Waals surface area contributed by atoms with Crippen LogP contribution in [0.1, 0.15) is 0 Å². The molecule has 3 rings (SSSR count). The van der Waals surface area contributed by atoms with Gasteiger partial charge in [0.05, 0.1) is 22.4 Å². The van der Waals surface area contributed by atoms with Crippen molar-refractivity contribution < 1.29 is 0 Å². The number of H-pyrrole nitrogens is 1. The molecule has 0 aliphatic rings. The van der Waals surface area contributed by atoms with E-state index in [1.165, 1.54) is 0 Å². The smallest absolute Gasteiger partial charge is 0.221 e. The number of nitrogens with zero attached hydrogens (tertiary/aromatic N) is 3. The summed E-state index contributed by atoms with van der Waals surface area (Å²) in [6.07, 6.45) is 3.43. The Morgan fingerprint density at radius 3 is 2.88 bits per heavy atom. The standard InChI is InChI=1S/C11H8ClN5/c12-8-3-1-2-7-9(6-4-14-15-5-6)16-11(13)17-10(7)8/h1-5H,(H,14,15)(H2,13,16,17). The van der Waals surface area contributed by atoms with Crippen molar-refractivity contribution in [1.82, 2.24) is 20.2 Å². The minimum absolute atomic E-state index is 0.196. The highest BCUT2D eigenvalue weighted by molar-refractivity contribution is 6.35. The first kappa shape index (κ1) is 10.0. The Bertz CT molecular complexity index is 678. The van der Waals surface area contributed by atoms with E-state index < -0.39 is 0 Å². The lowest BCUT2D eigenvalue weighted by Crippen LogP contribution is -1.98. The van der Waals surface area contributed by atoms with Crippen LogP contribution in [0, 0.1) is 0 Å². The third kappa shape index (κ3) is 1.60. The van der Waals surface area contributed by atoms with Crippen molar-refractivity contribution in [1.29, 1.82) is 0 Å². The number of hydrogen-bond donors (Lipinski definition) is 2. The van der Waals surface area contributed by atoms with E-state index in [9.17, 15) is 0 Å². The van der Waals surface area contributed by atoms with Crippen molar-refractivity contribution in [2.45, 2.75) is 0 Å². The highest BCUT2D eigenvalue weighted by atomic mass is 35.5. The van der Waals surface area contributed by atoms with Gasteiger partial charge in [0.1, 0.15) is 0 Å². The van der Waals surface area contributed by atoms with E-state index in [0.717, 1.165) is 16.6 Å². The molecule has 2 aromatic heterocycles. The molecule has 5 nitrogen and oxygen atoms in total. The maximum atomic E-state index is 6.09. The van der Waals surface area contributed by atoms with Crippen LogP contribution in [0.25, 0.3) is 22.2 Å². The van der Waals surface area contributed by atoms with Gasteiger partial charge in [0.15, 0.2) is 0 Å². The van der Waals surface area contributed by atoms with Gasteiger partial charge >= 0.3 is 0 Å². The van der Waals surface area contributed by atoms with Crippen LogP contribution in [-0.4, -0.2) is 20.2 Å². The molecule has 0 unspecified atom stereocenters. The molecule has 0 fully saturated rings. The van der Waals surface area contributed by atoms with Gasteiger partial charge < -0.3 is 5.73 Å². The van der Waals surface area contributed by atoms with Crippen molar-refractivity contribution in [3.05, 3.63) is 35.6 Å². The summed E-state index contributed by atoms with van der Waals surface area (Å²) >= 11 is 6.09. The Morgan fingerprint density at radius 2 is 2.12 bits per heavy atom. The predicted molar refractivity (Wildman–Crippen MR) is 66.5 cm³/mol. The van der Waals surface area contributed by atoms with E-state index in [1.54, 1.807) is 18.5 Å². The Morgan fingerprint density at radius 1 is 1.24 bits per heavy atom. The normalized spacial score (nSPS) is 10.9. The molecular weight excluding hydrogens is 238 g/mol. The molecule has 0 amide bonds. The number of nitrogens with one attached hydrogen (secondary N) is 1. The first-order valence-electron chi connectivity index (χ1n) is 4.96. The zero-order valence-corrected chi connectivity index (χ0v) is 9.44. The molecule has 1 aromatic carbocycles. The van der Waals surface area contributed by atoms with Gasteiger partial charge in [-0.1, -0.05) is 23.7 Å². The van der Waals surface area contributed by atoms with Gasteiger partial charge in [-0.2, -0.15) is 5.10 Å². The average molecular weight is 246 g/mol. The fourth-order valence-electron chi connectivity index (χ4n) is 1.73. The number of nitrogen functional groups attached to an aromatic ring is 1. The highest BCUT2D eigenvalue weighted by Crippen LogP contribution is 2.29. The maximum absolute atomic E-state index is 6.09. The number of rotatable bonds is 1. The fourth-order valence-corrected chi connectivity index (χ4v) is 1.95. The van der Waals surface area contributed by atoms with E-state index >= 15 is 0 Å². The first-order valence-corrected chi connectivity index (χ1v) is 5.34. The molecule has 17 heavy (non-hydrogen) atoms. The summed E-state index contributed by atoms with van der Waals surface area (Å²) in [6, 6.07) is 5.53. The van der Waals surface area contributed by atoms with Crippen LogP contribution in [0.5, 0.6) is 0 Å². The maximum Gasteiger partial charge on any atom is 0.221 e. The van der Waals surface area contributed by atoms with E-state index in [-0.39, 0.29) is 5.95 Å². The number of hydrogen-bond acceptors (Lipinski definition) is 4. The number of halogens is 1. The molecule has 2 heterocycles. The highest BCUT2D eigenvalue weighted by Gasteiger charge is 2.11. The lowest BCUT2D eigenvalue weighted by atomic mass is 10.1. The Balaban J connectivity index is 2.42. The van der Waals surface area contributed by atoms with Crippen molar-refractivity contribution >= 4 is 28.5 Å². The van der Waals surface area contributed by atoms with Gasteiger partial charge in [0.2, 0.25) is 5.95 Å². The molecule has 0 atom stereocenters. The second-order valence-corrected chi connectivity index (χ2v) is 3.96. The predicted octanol–water partition coefficient (Wildman–Crippen LogP) is 2.26. The Labute approximate surface area is 102 Å². The van der Waals surface area contributed by atoms with Gasteiger partial charge in [0.25, 0.3) is 0 Å². The van der Waals surface area contributed by atoms with Crippen LogP contribution in [0.2, 0.25) is 5.02 Å². The van der Waals surface area contributed by atoms with Gasteiger partial charge in [-0.3, -0.25) is 5.10 Å². The van der Waals surface area contributed by atoms with E-state index in [2.05, 4.69) is 20.2 Å². The summed E-state index contributed by atoms with van der Waals surface area (Å²) in [4.78, 5) is 8.38. The zero-order chi connectivity index (χ0) is 11.8. The minimum atomic E-state index is 0.196. The Kier molecular flexibility index (Phi) is 2.19. The molecule has 6 heteroatoms. The second kappa shape index (κ2) is 3.71. The molecule has 3 aromatic rings. The van der Waals surface area contributed by atoms with Gasteiger partial charge in [-0.25, -0.2) is 9.97 Å². The molecule has 0 spiro atoms. The van der Waals surface area contributed by atoms with Crippen LogP contribution in [0.4, 0.5) is 5.95 Å². The minimum Gasteiger partial charge on any atom is -0.368 e. The molecule has 0 saturated heterocycles. The molecule has 0 bridgehead atoms. The number of benzene rings is 1. The third-order valence-electron chi connectivity index (χ3n) is 2.47. The summed E-state index contributed by atoms with van der Waals surface area (Å²) < 4.78 is 0. The van der Waals surface area contributed by atoms with Gasteiger partial charge in [0, 0.05) is 17.1 Å². The lowest BCUT2D eigenvalue weighted by Gasteiger charge is -2.05. The van der Waals surface area contributed by atoms with Crippen LogP contribution in [-0.2, 0) is 0 Å². The number of anilines is 1. The quantitative estimate of drug-likeness (QED) is 0.689. The molecule has 3 N–H and O–H groups in total. The molecule has 84 valence electrons.